The number of nitrogens with one attached hydrogen (secondary N) is 1. The fourth-order valence-corrected chi connectivity index (χ4v) is 2.57. The fraction of sp³-hybridized carbons (Fsp3) is 1.00. The minimum Gasteiger partial charge on any atom is -0.394 e. The molecule has 1 rings (SSSR count). The van der Waals surface area contributed by atoms with Crippen molar-refractivity contribution in [3.05, 3.63) is 0 Å². The molecule has 0 amide bonds. The van der Waals surface area contributed by atoms with Gasteiger partial charge in [-0.1, -0.05) is 33.1 Å². The Balaban J connectivity index is 2.60. The summed E-state index contributed by atoms with van der Waals surface area (Å²) in [6.45, 7) is 4.34. The maximum absolute atomic E-state index is 10.1. The summed E-state index contributed by atoms with van der Waals surface area (Å²) in [5.41, 5.74) is -0.198. The summed E-state index contributed by atoms with van der Waals surface area (Å²) in [5, 5.41) is 23.1. The summed E-state index contributed by atoms with van der Waals surface area (Å²) >= 11 is 0. The van der Waals surface area contributed by atoms with Gasteiger partial charge in [-0.2, -0.15) is 0 Å². The molecule has 0 aromatic rings. The van der Waals surface area contributed by atoms with Crippen LogP contribution in [-0.2, 0) is 0 Å². The van der Waals surface area contributed by atoms with Crippen molar-refractivity contribution in [3.8, 4) is 0 Å². The number of aliphatic hydroxyl groups is 2. The maximum atomic E-state index is 10.1. The van der Waals surface area contributed by atoms with E-state index >= 15 is 0 Å². The van der Waals surface area contributed by atoms with E-state index in [1.807, 2.05) is 0 Å². The summed E-state index contributed by atoms with van der Waals surface area (Å²) in [5.74, 6) is 0. The van der Waals surface area contributed by atoms with Crippen LogP contribution < -0.4 is 5.32 Å². The normalized spacial score (nSPS) is 27.8. The Hall–Kier alpha value is -0.120. The minimum absolute atomic E-state index is 0.156. The van der Waals surface area contributed by atoms with E-state index in [0.717, 1.165) is 32.1 Å². The Morgan fingerprint density at radius 2 is 1.75 bits per heavy atom. The van der Waals surface area contributed by atoms with E-state index in [4.69, 9.17) is 0 Å². The van der Waals surface area contributed by atoms with E-state index in [0.29, 0.717) is 0 Å². The third-order valence-electron chi connectivity index (χ3n) is 4.13. The van der Waals surface area contributed by atoms with Crippen molar-refractivity contribution < 1.29 is 10.2 Å². The Bertz CT molecular complexity index is 184. The van der Waals surface area contributed by atoms with Crippen molar-refractivity contribution in [2.75, 3.05) is 6.61 Å². The number of hydrogen-bond donors (Lipinski definition) is 3. The molecule has 2 unspecified atom stereocenters. The quantitative estimate of drug-likeness (QED) is 0.630. The van der Waals surface area contributed by atoms with E-state index in [1.54, 1.807) is 0 Å². The fourth-order valence-electron chi connectivity index (χ4n) is 2.57. The number of rotatable bonds is 5. The van der Waals surface area contributed by atoms with Crippen molar-refractivity contribution in [1.82, 2.24) is 5.32 Å². The lowest BCUT2D eigenvalue weighted by Crippen LogP contribution is -2.55. The zero-order valence-electron chi connectivity index (χ0n) is 10.7. The van der Waals surface area contributed by atoms with E-state index < -0.39 is 0 Å². The molecule has 16 heavy (non-hydrogen) atoms. The molecule has 0 aromatic heterocycles. The van der Waals surface area contributed by atoms with Crippen LogP contribution in [0.15, 0.2) is 0 Å². The monoisotopic (exact) mass is 229 g/mol. The Labute approximate surface area is 99.3 Å². The van der Waals surface area contributed by atoms with Crippen molar-refractivity contribution in [3.63, 3.8) is 0 Å². The smallest absolute Gasteiger partial charge is 0.0693 e. The molecule has 0 aromatic carbocycles. The predicted octanol–water partition coefficient (Wildman–Crippen LogP) is 1.82. The molecule has 1 aliphatic carbocycles. The van der Waals surface area contributed by atoms with Crippen molar-refractivity contribution in [2.45, 2.75) is 76.5 Å². The van der Waals surface area contributed by atoms with Crippen LogP contribution in [0.5, 0.6) is 0 Å². The van der Waals surface area contributed by atoms with Gasteiger partial charge in [-0.3, -0.25) is 0 Å². The average Bonchev–Trinajstić information content (AvgIpc) is 2.52. The van der Waals surface area contributed by atoms with Crippen molar-refractivity contribution in [1.29, 1.82) is 0 Å². The number of hydrogen-bond acceptors (Lipinski definition) is 3. The third-order valence-corrected chi connectivity index (χ3v) is 4.13. The SMILES string of the molecule is CCC(CC)(CO)NC1CCCCCC1O. The van der Waals surface area contributed by atoms with Crippen LogP contribution >= 0.6 is 0 Å². The van der Waals surface area contributed by atoms with Crippen LogP contribution in [0.25, 0.3) is 0 Å². The summed E-state index contributed by atoms with van der Waals surface area (Å²) in [6, 6.07) is 0.162. The molecule has 3 heteroatoms. The van der Waals surface area contributed by atoms with E-state index in [2.05, 4.69) is 19.2 Å². The molecule has 0 radical (unpaired) electrons. The highest BCUT2D eigenvalue weighted by atomic mass is 16.3. The minimum atomic E-state index is -0.244. The Morgan fingerprint density at radius 3 is 2.31 bits per heavy atom. The molecule has 0 heterocycles. The molecule has 1 saturated carbocycles. The first-order chi connectivity index (χ1) is 7.67. The molecular weight excluding hydrogens is 202 g/mol. The third kappa shape index (κ3) is 3.44. The van der Waals surface area contributed by atoms with Crippen LogP contribution in [0.1, 0.15) is 58.8 Å². The Kier molecular flexibility index (Phi) is 5.73. The average molecular weight is 229 g/mol. The molecular formula is C13H27NO2. The molecule has 0 bridgehead atoms. The van der Waals surface area contributed by atoms with Crippen LogP contribution in [0.4, 0.5) is 0 Å². The van der Waals surface area contributed by atoms with Gasteiger partial charge in [0.15, 0.2) is 0 Å². The molecule has 1 fully saturated rings. The van der Waals surface area contributed by atoms with Crippen molar-refractivity contribution in [2.24, 2.45) is 0 Å². The van der Waals surface area contributed by atoms with Gasteiger partial charge in [0, 0.05) is 11.6 Å². The number of aliphatic hydroxyl groups excluding tert-OH is 2. The van der Waals surface area contributed by atoms with E-state index in [9.17, 15) is 10.2 Å². The lowest BCUT2D eigenvalue weighted by molar-refractivity contribution is 0.0717. The summed E-state index contributed by atoms with van der Waals surface area (Å²) in [4.78, 5) is 0. The summed E-state index contributed by atoms with van der Waals surface area (Å²) < 4.78 is 0. The maximum Gasteiger partial charge on any atom is 0.0693 e. The summed E-state index contributed by atoms with van der Waals surface area (Å²) in [7, 11) is 0. The highest BCUT2D eigenvalue weighted by Crippen LogP contribution is 2.23. The second-order valence-electron chi connectivity index (χ2n) is 5.10. The van der Waals surface area contributed by atoms with Crippen LogP contribution in [-0.4, -0.2) is 34.5 Å². The van der Waals surface area contributed by atoms with Crippen molar-refractivity contribution >= 4 is 0 Å². The zero-order chi connectivity index (χ0) is 12.0. The van der Waals surface area contributed by atoms with Gasteiger partial charge in [0.2, 0.25) is 0 Å². The molecule has 2 atom stereocenters. The second kappa shape index (κ2) is 6.58. The first kappa shape index (κ1) is 13.9. The van der Waals surface area contributed by atoms with Gasteiger partial charge in [0.25, 0.3) is 0 Å². The Morgan fingerprint density at radius 1 is 1.12 bits per heavy atom. The van der Waals surface area contributed by atoms with Crippen LogP contribution in [0.2, 0.25) is 0 Å². The van der Waals surface area contributed by atoms with Crippen LogP contribution in [0.3, 0.4) is 0 Å². The highest BCUT2D eigenvalue weighted by Gasteiger charge is 2.31. The van der Waals surface area contributed by atoms with Gasteiger partial charge in [-0.05, 0) is 25.7 Å². The molecule has 0 aliphatic heterocycles. The van der Waals surface area contributed by atoms with Gasteiger partial charge in [-0.25, -0.2) is 0 Å². The van der Waals surface area contributed by atoms with Gasteiger partial charge < -0.3 is 15.5 Å². The van der Waals surface area contributed by atoms with Gasteiger partial charge in [0.1, 0.15) is 0 Å². The highest BCUT2D eigenvalue weighted by molar-refractivity contribution is 4.91. The largest absolute Gasteiger partial charge is 0.394 e. The lowest BCUT2D eigenvalue weighted by atomic mass is 9.91. The second-order valence-corrected chi connectivity index (χ2v) is 5.10. The first-order valence-electron chi connectivity index (χ1n) is 6.74. The molecule has 3 nitrogen and oxygen atoms in total. The molecule has 3 N–H and O–H groups in total. The molecule has 96 valence electrons. The van der Waals surface area contributed by atoms with Gasteiger partial charge >= 0.3 is 0 Å². The van der Waals surface area contributed by atoms with E-state index in [-0.39, 0.29) is 24.3 Å². The molecule has 1 aliphatic rings. The van der Waals surface area contributed by atoms with Gasteiger partial charge in [0.05, 0.1) is 12.7 Å². The predicted molar refractivity (Wildman–Crippen MR) is 66.4 cm³/mol. The topological polar surface area (TPSA) is 52.5 Å². The van der Waals surface area contributed by atoms with E-state index in [1.165, 1.54) is 12.8 Å². The first-order valence-corrected chi connectivity index (χ1v) is 6.74. The standard InChI is InChI=1S/C13H27NO2/c1-3-13(4-2,10-15)14-11-8-6-5-7-9-12(11)16/h11-12,14-16H,3-10H2,1-2H3. The molecule has 0 spiro atoms. The summed E-state index contributed by atoms with van der Waals surface area (Å²) in [6.07, 6.45) is 7.03. The van der Waals surface area contributed by atoms with Crippen LogP contribution in [0, 0.1) is 0 Å². The zero-order valence-corrected chi connectivity index (χ0v) is 10.7. The lowest BCUT2D eigenvalue weighted by Gasteiger charge is -2.37. The molecule has 0 saturated heterocycles. The van der Waals surface area contributed by atoms with Gasteiger partial charge in [-0.15, -0.1) is 0 Å².